The lowest BCUT2D eigenvalue weighted by Gasteiger charge is -2.06. The standard InChI is InChI=1S/C20H13N5O/c21-12-14-5-7-15(8-6-14)19(26)23-17-4-1-3-16(11-17)18-13-25-10-2-9-22-20(25)24-18/h1-11,13H,(H,23,26). The van der Waals surface area contributed by atoms with Crippen LogP contribution in [0.2, 0.25) is 0 Å². The van der Waals surface area contributed by atoms with E-state index in [0.717, 1.165) is 11.3 Å². The summed E-state index contributed by atoms with van der Waals surface area (Å²) in [7, 11) is 0. The van der Waals surface area contributed by atoms with Crippen LogP contribution in [0.4, 0.5) is 5.69 Å². The number of carbonyl (C=O) groups excluding carboxylic acids is 1. The SMILES string of the molecule is N#Cc1ccc(C(=O)Nc2cccc(-c3cn4cccnc4n3)c2)cc1. The molecule has 2 aromatic carbocycles. The molecule has 0 saturated heterocycles. The van der Waals surface area contributed by atoms with Gasteiger partial charge in [-0.3, -0.25) is 9.20 Å². The molecule has 0 unspecified atom stereocenters. The molecule has 0 spiro atoms. The lowest BCUT2D eigenvalue weighted by atomic mass is 10.1. The van der Waals surface area contributed by atoms with E-state index in [1.807, 2.05) is 53.2 Å². The Bertz CT molecular complexity index is 1110. The summed E-state index contributed by atoms with van der Waals surface area (Å²) in [6.45, 7) is 0. The average molecular weight is 339 g/mol. The molecule has 26 heavy (non-hydrogen) atoms. The van der Waals surface area contributed by atoms with Gasteiger partial charge in [0.25, 0.3) is 5.91 Å². The summed E-state index contributed by atoms with van der Waals surface area (Å²) in [6.07, 6.45) is 5.47. The van der Waals surface area contributed by atoms with Crippen LogP contribution in [-0.4, -0.2) is 20.3 Å². The van der Waals surface area contributed by atoms with Crippen LogP contribution >= 0.6 is 0 Å². The molecule has 0 aliphatic rings. The number of benzene rings is 2. The van der Waals surface area contributed by atoms with Crippen molar-refractivity contribution in [1.29, 1.82) is 5.26 Å². The number of carbonyl (C=O) groups is 1. The first kappa shape index (κ1) is 15.5. The summed E-state index contributed by atoms with van der Waals surface area (Å²) in [5.41, 5.74) is 3.34. The molecule has 0 fully saturated rings. The van der Waals surface area contributed by atoms with Gasteiger partial charge < -0.3 is 5.32 Å². The highest BCUT2D eigenvalue weighted by molar-refractivity contribution is 6.04. The third kappa shape index (κ3) is 3.01. The van der Waals surface area contributed by atoms with Gasteiger partial charge in [0.1, 0.15) is 0 Å². The number of amides is 1. The van der Waals surface area contributed by atoms with E-state index in [4.69, 9.17) is 5.26 Å². The minimum atomic E-state index is -0.233. The van der Waals surface area contributed by atoms with Gasteiger partial charge in [-0.2, -0.15) is 5.26 Å². The van der Waals surface area contributed by atoms with E-state index in [2.05, 4.69) is 15.3 Å². The molecule has 4 rings (SSSR count). The first-order valence-corrected chi connectivity index (χ1v) is 7.94. The van der Waals surface area contributed by atoms with Gasteiger partial charge in [-0.25, -0.2) is 9.97 Å². The predicted molar refractivity (Wildman–Crippen MR) is 97.5 cm³/mol. The second-order valence-electron chi connectivity index (χ2n) is 5.68. The Morgan fingerprint density at radius 2 is 1.96 bits per heavy atom. The third-order valence-electron chi connectivity index (χ3n) is 3.93. The van der Waals surface area contributed by atoms with Crippen LogP contribution in [0.3, 0.4) is 0 Å². The second-order valence-corrected chi connectivity index (χ2v) is 5.68. The smallest absolute Gasteiger partial charge is 0.255 e. The van der Waals surface area contributed by atoms with Crippen molar-refractivity contribution >= 4 is 17.4 Å². The number of hydrogen-bond donors (Lipinski definition) is 1. The van der Waals surface area contributed by atoms with Crippen LogP contribution in [0.15, 0.2) is 73.2 Å². The van der Waals surface area contributed by atoms with Gasteiger partial charge in [-0.05, 0) is 42.5 Å². The molecule has 2 heterocycles. The molecule has 124 valence electrons. The minimum Gasteiger partial charge on any atom is -0.322 e. The topological polar surface area (TPSA) is 83.1 Å². The van der Waals surface area contributed by atoms with Gasteiger partial charge in [0.15, 0.2) is 0 Å². The van der Waals surface area contributed by atoms with E-state index in [0.29, 0.717) is 22.6 Å². The average Bonchev–Trinajstić information content (AvgIpc) is 3.12. The Morgan fingerprint density at radius 1 is 1.12 bits per heavy atom. The molecule has 0 radical (unpaired) electrons. The molecule has 0 aliphatic heterocycles. The Kier molecular flexibility index (Phi) is 3.88. The monoisotopic (exact) mass is 339 g/mol. The zero-order valence-corrected chi connectivity index (χ0v) is 13.6. The van der Waals surface area contributed by atoms with Gasteiger partial charge >= 0.3 is 0 Å². The van der Waals surface area contributed by atoms with Gasteiger partial charge in [-0.15, -0.1) is 0 Å². The van der Waals surface area contributed by atoms with Crippen LogP contribution in [0, 0.1) is 11.3 Å². The first-order valence-electron chi connectivity index (χ1n) is 7.94. The number of nitriles is 1. The van der Waals surface area contributed by atoms with Crippen LogP contribution in [0.5, 0.6) is 0 Å². The molecule has 1 amide bonds. The van der Waals surface area contributed by atoms with Crippen molar-refractivity contribution < 1.29 is 4.79 Å². The number of aromatic nitrogens is 3. The molecule has 0 saturated carbocycles. The van der Waals surface area contributed by atoms with E-state index in [9.17, 15) is 4.79 Å². The van der Waals surface area contributed by atoms with Crippen molar-refractivity contribution in [3.63, 3.8) is 0 Å². The largest absolute Gasteiger partial charge is 0.322 e. The molecular formula is C20H13N5O. The Morgan fingerprint density at radius 3 is 2.73 bits per heavy atom. The van der Waals surface area contributed by atoms with Gasteiger partial charge in [0.05, 0.1) is 17.3 Å². The fourth-order valence-corrected chi connectivity index (χ4v) is 2.62. The summed E-state index contributed by atoms with van der Waals surface area (Å²) in [5.74, 6) is 0.387. The lowest BCUT2D eigenvalue weighted by molar-refractivity contribution is 0.102. The number of hydrogen-bond acceptors (Lipinski definition) is 4. The molecule has 6 heteroatoms. The van der Waals surface area contributed by atoms with Gasteiger partial charge in [-0.1, -0.05) is 12.1 Å². The van der Waals surface area contributed by atoms with Crippen molar-refractivity contribution in [3.8, 4) is 17.3 Å². The van der Waals surface area contributed by atoms with Crippen molar-refractivity contribution in [2.45, 2.75) is 0 Å². The number of fused-ring (bicyclic) bond motifs is 1. The first-order chi connectivity index (χ1) is 12.7. The summed E-state index contributed by atoms with van der Waals surface area (Å²) >= 11 is 0. The highest BCUT2D eigenvalue weighted by Crippen LogP contribution is 2.22. The zero-order valence-electron chi connectivity index (χ0n) is 13.6. The van der Waals surface area contributed by atoms with Crippen LogP contribution in [0.1, 0.15) is 15.9 Å². The molecule has 6 nitrogen and oxygen atoms in total. The second kappa shape index (κ2) is 6.49. The Balaban J connectivity index is 1.59. The fraction of sp³-hybridized carbons (Fsp3) is 0. The molecular weight excluding hydrogens is 326 g/mol. The number of nitrogens with one attached hydrogen (secondary N) is 1. The normalized spacial score (nSPS) is 10.4. The minimum absolute atomic E-state index is 0.233. The van der Waals surface area contributed by atoms with Crippen molar-refractivity contribution in [3.05, 3.63) is 84.3 Å². The maximum atomic E-state index is 12.4. The number of anilines is 1. The molecule has 0 aliphatic carbocycles. The van der Waals surface area contributed by atoms with E-state index in [-0.39, 0.29) is 5.91 Å². The van der Waals surface area contributed by atoms with Crippen molar-refractivity contribution in [2.75, 3.05) is 5.32 Å². The van der Waals surface area contributed by atoms with E-state index in [1.165, 1.54) is 0 Å². The lowest BCUT2D eigenvalue weighted by Crippen LogP contribution is -2.11. The molecule has 0 bridgehead atoms. The highest BCUT2D eigenvalue weighted by atomic mass is 16.1. The van der Waals surface area contributed by atoms with E-state index < -0.39 is 0 Å². The fourth-order valence-electron chi connectivity index (χ4n) is 2.62. The van der Waals surface area contributed by atoms with Crippen LogP contribution in [-0.2, 0) is 0 Å². The van der Waals surface area contributed by atoms with E-state index in [1.54, 1.807) is 30.5 Å². The number of nitrogens with zero attached hydrogens (tertiary/aromatic N) is 4. The summed E-state index contributed by atoms with van der Waals surface area (Å²) in [6, 6.07) is 17.8. The molecule has 2 aromatic heterocycles. The van der Waals surface area contributed by atoms with Crippen LogP contribution < -0.4 is 5.32 Å². The molecule has 4 aromatic rings. The molecule has 1 N–H and O–H groups in total. The quantitative estimate of drug-likeness (QED) is 0.619. The van der Waals surface area contributed by atoms with E-state index >= 15 is 0 Å². The van der Waals surface area contributed by atoms with Crippen molar-refractivity contribution in [2.24, 2.45) is 0 Å². The number of imidazole rings is 1. The van der Waals surface area contributed by atoms with Crippen molar-refractivity contribution in [1.82, 2.24) is 14.4 Å². The van der Waals surface area contributed by atoms with Gasteiger partial charge in [0, 0.05) is 35.4 Å². The summed E-state index contributed by atoms with van der Waals surface area (Å²) < 4.78 is 1.84. The maximum Gasteiger partial charge on any atom is 0.255 e. The Labute approximate surface area is 149 Å². The molecule has 0 atom stereocenters. The Hall–Kier alpha value is -3.98. The summed E-state index contributed by atoms with van der Waals surface area (Å²) in [5, 5.41) is 11.7. The zero-order chi connectivity index (χ0) is 17.9. The maximum absolute atomic E-state index is 12.4. The predicted octanol–water partition coefficient (Wildman–Crippen LogP) is 3.52. The van der Waals surface area contributed by atoms with Gasteiger partial charge in [0.2, 0.25) is 5.78 Å². The summed E-state index contributed by atoms with van der Waals surface area (Å²) in [4.78, 5) is 21.1. The highest BCUT2D eigenvalue weighted by Gasteiger charge is 2.09. The number of rotatable bonds is 3. The third-order valence-corrected chi connectivity index (χ3v) is 3.93. The van der Waals surface area contributed by atoms with Crippen LogP contribution in [0.25, 0.3) is 17.0 Å².